The van der Waals surface area contributed by atoms with E-state index >= 15 is 0 Å². The molecule has 0 spiro atoms. The van der Waals surface area contributed by atoms with Crippen molar-refractivity contribution in [2.45, 2.75) is 26.7 Å². The molecule has 17 heavy (non-hydrogen) atoms. The van der Waals surface area contributed by atoms with Crippen molar-refractivity contribution in [3.05, 3.63) is 53.6 Å². The Kier molecular flexibility index (Phi) is 3.90. The van der Waals surface area contributed by atoms with Gasteiger partial charge < -0.3 is 0 Å². The van der Waals surface area contributed by atoms with Gasteiger partial charge in [0.1, 0.15) is 0 Å². The molecule has 0 heterocycles. The first-order valence-electron chi connectivity index (χ1n) is 6.28. The molecule has 0 radical (unpaired) electrons. The van der Waals surface area contributed by atoms with E-state index in [9.17, 15) is 0 Å². The van der Waals surface area contributed by atoms with Crippen molar-refractivity contribution in [3.8, 4) is 0 Å². The predicted molar refractivity (Wildman–Crippen MR) is 79.3 cm³/mol. The third-order valence-electron chi connectivity index (χ3n) is 3.29. The number of hydrogen-bond donors (Lipinski definition) is 0. The molecule has 0 amide bonds. The summed E-state index contributed by atoms with van der Waals surface area (Å²) in [4.78, 5) is 1.09. The maximum Gasteiger partial charge on any atom is 0.0299 e. The van der Waals surface area contributed by atoms with E-state index in [-0.39, 0.29) is 0 Å². The second kappa shape index (κ2) is 5.42. The highest BCUT2D eigenvalue weighted by molar-refractivity contribution is 7.81. The summed E-state index contributed by atoms with van der Waals surface area (Å²) in [5, 5.41) is 0. The smallest absolute Gasteiger partial charge is 0.0299 e. The molecule has 0 saturated carbocycles. The Morgan fingerprint density at radius 1 is 1.24 bits per heavy atom. The van der Waals surface area contributed by atoms with Crippen molar-refractivity contribution in [2.75, 3.05) is 0 Å². The fraction of sp³-hybridized carbons (Fsp3) is 0.312. The van der Waals surface area contributed by atoms with E-state index in [1.807, 2.05) is 0 Å². The maximum absolute atomic E-state index is 5.59. The summed E-state index contributed by atoms with van der Waals surface area (Å²) in [6.45, 7) is 4.37. The normalized spacial score (nSPS) is 19.3. The van der Waals surface area contributed by atoms with Gasteiger partial charge in [0.05, 0.1) is 0 Å². The van der Waals surface area contributed by atoms with E-state index in [1.165, 1.54) is 16.7 Å². The average Bonchev–Trinajstić information content (AvgIpc) is 2.39. The van der Waals surface area contributed by atoms with Crippen LogP contribution in [0.4, 0.5) is 0 Å². The average molecular weight is 242 g/mol. The number of thiocarbonyl (C=S) groups is 1. The molecule has 0 nitrogen and oxygen atoms in total. The minimum atomic E-state index is 0.426. The molecular weight excluding hydrogens is 224 g/mol. The van der Waals surface area contributed by atoms with Crippen molar-refractivity contribution in [2.24, 2.45) is 5.92 Å². The lowest BCUT2D eigenvalue weighted by Gasteiger charge is -2.19. The van der Waals surface area contributed by atoms with Gasteiger partial charge in [-0.1, -0.05) is 68.6 Å². The summed E-state index contributed by atoms with van der Waals surface area (Å²) in [6, 6.07) is 8.70. The van der Waals surface area contributed by atoms with Gasteiger partial charge in [-0.25, -0.2) is 0 Å². The molecule has 1 unspecified atom stereocenters. The van der Waals surface area contributed by atoms with Gasteiger partial charge in [-0.15, -0.1) is 0 Å². The summed E-state index contributed by atoms with van der Waals surface area (Å²) in [6.07, 6.45) is 8.64. The Balaban J connectivity index is 2.36. The first-order chi connectivity index (χ1) is 8.26. The molecule has 0 bridgehead atoms. The second-order valence-corrected chi connectivity index (χ2v) is 4.84. The lowest BCUT2D eigenvalue weighted by Crippen LogP contribution is -2.13. The molecule has 1 heteroatoms. The van der Waals surface area contributed by atoms with E-state index in [4.69, 9.17) is 12.2 Å². The van der Waals surface area contributed by atoms with Crippen LogP contribution in [0.2, 0.25) is 0 Å². The number of aryl methyl sites for hydroxylation is 1. The molecule has 1 aliphatic carbocycles. The van der Waals surface area contributed by atoms with E-state index in [2.05, 4.69) is 56.3 Å². The summed E-state index contributed by atoms with van der Waals surface area (Å²) >= 11 is 5.59. The van der Waals surface area contributed by atoms with Gasteiger partial charge in [0.15, 0.2) is 0 Å². The summed E-state index contributed by atoms with van der Waals surface area (Å²) in [5.41, 5.74) is 3.86. The molecule has 1 aromatic carbocycles. The third-order valence-corrected chi connectivity index (χ3v) is 3.82. The summed E-state index contributed by atoms with van der Waals surface area (Å²) in [7, 11) is 0. The van der Waals surface area contributed by atoms with Crippen LogP contribution in [0, 0.1) is 5.92 Å². The number of rotatable bonds is 3. The van der Waals surface area contributed by atoms with Crippen LogP contribution in [0.1, 0.15) is 31.4 Å². The zero-order valence-corrected chi connectivity index (χ0v) is 11.3. The van der Waals surface area contributed by atoms with Gasteiger partial charge in [0, 0.05) is 10.8 Å². The van der Waals surface area contributed by atoms with E-state index in [1.54, 1.807) is 0 Å². The highest BCUT2D eigenvalue weighted by Gasteiger charge is 2.17. The van der Waals surface area contributed by atoms with E-state index in [0.717, 1.165) is 17.7 Å². The minimum absolute atomic E-state index is 0.426. The van der Waals surface area contributed by atoms with E-state index < -0.39 is 0 Å². The monoisotopic (exact) mass is 242 g/mol. The zero-order valence-electron chi connectivity index (χ0n) is 10.4. The van der Waals surface area contributed by atoms with Gasteiger partial charge >= 0.3 is 0 Å². The van der Waals surface area contributed by atoms with Gasteiger partial charge in [-0.2, -0.15) is 0 Å². The summed E-state index contributed by atoms with van der Waals surface area (Å²) < 4.78 is 0. The topological polar surface area (TPSA) is 0 Å². The van der Waals surface area contributed by atoms with E-state index in [0.29, 0.717) is 5.92 Å². The van der Waals surface area contributed by atoms with Crippen LogP contribution in [0.5, 0.6) is 0 Å². The number of benzene rings is 1. The third kappa shape index (κ3) is 2.55. The Bertz CT molecular complexity index is 480. The lowest BCUT2D eigenvalue weighted by molar-refractivity contribution is 0.828. The summed E-state index contributed by atoms with van der Waals surface area (Å²) in [5.74, 6) is 0.426. The number of hydrogen-bond acceptors (Lipinski definition) is 1. The molecular formula is C16H18S. The van der Waals surface area contributed by atoms with Gasteiger partial charge in [0.2, 0.25) is 0 Å². The van der Waals surface area contributed by atoms with Crippen LogP contribution in [0.15, 0.2) is 42.5 Å². The van der Waals surface area contributed by atoms with Crippen LogP contribution in [0.3, 0.4) is 0 Å². The van der Waals surface area contributed by atoms with Crippen LogP contribution >= 0.6 is 12.2 Å². The first kappa shape index (κ1) is 12.3. The number of allylic oxidation sites excluding steroid dienone is 4. The Morgan fingerprint density at radius 2 is 2.06 bits per heavy atom. The van der Waals surface area contributed by atoms with Crippen molar-refractivity contribution >= 4 is 22.7 Å². The Hall–Kier alpha value is -1.21. The van der Waals surface area contributed by atoms with Gasteiger partial charge in [-0.3, -0.25) is 0 Å². The van der Waals surface area contributed by atoms with Crippen molar-refractivity contribution in [3.63, 3.8) is 0 Å². The fourth-order valence-electron chi connectivity index (χ4n) is 2.17. The van der Waals surface area contributed by atoms with Crippen molar-refractivity contribution < 1.29 is 0 Å². The lowest BCUT2D eigenvalue weighted by atomic mass is 9.87. The largest absolute Gasteiger partial charge is 0.0836 e. The fourth-order valence-corrected chi connectivity index (χ4v) is 2.61. The SMILES string of the molecule is CCc1cccc(C2=CC=CC(CC)C2=S)c1. The Labute approximate surface area is 109 Å². The molecule has 0 N–H and O–H groups in total. The molecule has 0 saturated heterocycles. The molecule has 0 fully saturated rings. The van der Waals surface area contributed by atoms with Gasteiger partial charge in [-0.05, 0) is 29.5 Å². The highest BCUT2D eigenvalue weighted by atomic mass is 32.1. The van der Waals surface area contributed by atoms with Crippen LogP contribution in [-0.4, -0.2) is 4.86 Å². The zero-order chi connectivity index (χ0) is 12.3. The second-order valence-electron chi connectivity index (χ2n) is 4.40. The minimum Gasteiger partial charge on any atom is -0.0836 e. The van der Waals surface area contributed by atoms with Crippen molar-refractivity contribution in [1.29, 1.82) is 0 Å². The molecule has 0 aromatic heterocycles. The standard InChI is InChI=1S/C16H18S/c1-3-12-7-5-9-14(11-12)15-10-6-8-13(4-2)16(15)17/h5-11,13H,3-4H2,1-2H3. The molecule has 1 aromatic rings. The molecule has 1 aliphatic rings. The molecule has 1 atom stereocenters. The molecule has 2 rings (SSSR count). The van der Waals surface area contributed by atoms with Crippen molar-refractivity contribution in [1.82, 2.24) is 0 Å². The quantitative estimate of drug-likeness (QED) is 0.698. The van der Waals surface area contributed by atoms with Crippen LogP contribution in [0.25, 0.3) is 5.57 Å². The highest BCUT2D eigenvalue weighted by Crippen LogP contribution is 2.27. The first-order valence-corrected chi connectivity index (χ1v) is 6.69. The molecule has 0 aliphatic heterocycles. The van der Waals surface area contributed by atoms with Gasteiger partial charge in [0.25, 0.3) is 0 Å². The predicted octanol–water partition coefficient (Wildman–Crippen LogP) is 4.60. The van der Waals surface area contributed by atoms with Crippen LogP contribution < -0.4 is 0 Å². The molecule has 88 valence electrons. The van der Waals surface area contributed by atoms with Crippen LogP contribution in [-0.2, 0) is 6.42 Å². The maximum atomic E-state index is 5.59. The Morgan fingerprint density at radius 3 is 2.76 bits per heavy atom.